The van der Waals surface area contributed by atoms with Gasteiger partial charge in [0.25, 0.3) is 0 Å². The number of carbonyl (C=O) groups is 1. The number of carboxylic acids is 1. The standard InChI is InChI=1S/C15H15NO2S/c1-9-6-7-13-12(8-9)16-14(19-13)10-4-2-3-5-11(10)15(17)18/h2-3,6-8,10-11H,4-5H2,1H3,(H,17,18)/t10-,11+/m1/s1. The molecule has 1 aromatic carbocycles. The van der Waals surface area contributed by atoms with E-state index in [0.29, 0.717) is 6.42 Å². The minimum Gasteiger partial charge on any atom is -0.481 e. The predicted octanol–water partition coefficient (Wildman–Crippen LogP) is 3.74. The van der Waals surface area contributed by atoms with Crippen LogP contribution >= 0.6 is 11.3 Å². The zero-order valence-corrected chi connectivity index (χ0v) is 11.5. The first kappa shape index (κ1) is 12.4. The van der Waals surface area contributed by atoms with Crippen molar-refractivity contribution >= 4 is 27.5 Å². The Kier molecular flexibility index (Phi) is 3.11. The van der Waals surface area contributed by atoms with Crippen LogP contribution < -0.4 is 0 Å². The van der Waals surface area contributed by atoms with Gasteiger partial charge in [-0.05, 0) is 37.5 Å². The minimum absolute atomic E-state index is 0.0141. The molecule has 1 aliphatic carbocycles. The van der Waals surface area contributed by atoms with Gasteiger partial charge in [0.15, 0.2) is 0 Å². The Balaban J connectivity index is 2.02. The van der Waals surface area contributed by atoms with Crippen LogP contribution in [0.5, 0.6) is 0 Å². The van der Waals surface area contributed by atoms with Gasteiger partial charge < -0.3 is 5.11 Å². The number of hydrogen-bond acceptors (Lipinski definition) is 3. The van der Waals surface area contributed by atoms with E-state index < -0.39 is 5.97 Å². The molecule has 0 fully saturated rings. The molecule has 3 rings (SSSR count). The van der Waals surface area contributed by atoms with E-state index in [1.165, 1.54) is 5.56 Å². The fourth-order valence-corrected chi connectivity index (χ4v) is 3.70. The molecular weight excluding hydrogens is 258 g/mol. The van der Waals surface area contributed by atoms with Crippen LogP contribution in [0.3, 0.4) is 0 Å². The average Bonchev–Trinajstić information content (AvgIpc) is 2.81. The highest BCUT2D eigenvalue weighted by Crippen LogP contribution is 2.38. The number of nitrogens with zero attached hydrogens (tertiary/aromatic N) is 1. The van der Waals surface area contributed by atoms with Crippen molar-refractivity contribution in [2.45, 2.75) is 25.7 Å². The van der Waals surface area contributed by atoms with E-state index >= 15 is 0 Å². The molecule has 19 heavy (non-hydrogen) atoms. The third kappa shape index (κ3) is 2.28. The molecule has 0 saturated heterocycles. The number of thiazole rings is 1. The number of aryl methyl sites for hydroxylation is 1. The predicted molar refractivity (Wildman–Crippen MR) is 76.6 cm³/mol. The number of allylic oxidation sites excluding steroid dienone is 2. The Bertz CT molecular complexity index is 659. The van der Waals surface area contributed by atoms with Gasteiger partial charge in [-0.25, -0.2) is 4.98 Å². The number of aromatic nitrogens is 1. The first-order valence-corrected chi connectivity index (χ1v) is 7.21. The van der Waals surface area contributed by atoms with Crippen molar-refractivity contribution in [3.63, 3.8) is 0 Å². The monoisotopic (exact) mass is 273 g/mol. The van der Waals surface area contributed by atoms with Crippen molar-refractivity contribution < 1.29 is 9.90 Å². The van der Waals surface area contributed by atoms with Gasteiger partial charge in [-0.1, -0.05) is 18.2 Å². The van der Waals surface area contributed by atoms with Crippen LogP contribution in [0.25, 0.3) is 10.2 Å². The number of hydrogen-bond donors (Lipinski definition) is 1. The fourth-order valence-electron chi connectivity index (χ4n) is 2.57. The van der Waals surface area contributed by atoms with E-state index in [2.05, 4.69) is 29.3 Å². The van der Waals surface area contributed by atoms with Crippen molar-refractivity contribution in [1.82, 2.24) is 4.98 Å². The second-order valence-electron chi connectivity index (χ2n) is 5.02. The summed E-state index contributed by atoms with van der Waals surface area (Å²) in [6, 6.07) is 6.20. The molecule has 3 nitrogen and oxygen atoms in total. The van der Waals surface area contributed by atoms with Gasteiger partial charge in [-0.3, -0.25) is 4.79 Å². The number of benzene rings is 1. The van der Waals surface area contributed by atoms with Crippen LogP contribution in [0.15, 0.2) is 30.4 Å². The van der Waals surface area contributed by atoms with Gasteiger partial charge in [-0.2, -0.15) is 0 Å². The van der Waals surface area contributed by atoms with Gasteiger partial charge in [-0.15, -0.1) is 11.3 Å². The lowest BCUT2D eigenvalue weighted by molar-refractivity contribution is -0.142. The summed E-state index contributed by atoms with van der Waals surface area (Å²) in [6.45, 7) is 2.04. The fraction of sp³-hybridized carbons (Fsp3) is 0.333. The minimum atomic E-state index is -0.718. The molecule has 1 N–H and O–H groups in total. The van der Waals surface area contributed by atoms with Gasteiger partial charge in [0.2, 0.25) is 0 Å². The summed E-state index contributed by atoms with van der Waals surface area (Å²) < 4.78 is 1.14. The Hall–Kier alpha value is -1.68. The zero-order valence-electron chi connectivity index (χ0n) is 10.7. The highest BCUT2D eigenvalue weighted by Gasteiger charge is 2.32. The van der Waals surface area contributed by atoms with Crippen molar-refractivity contribution in [2.24, 2.45) is 5.92 Å². The van der Waals surface area contributed by atoms with Gasteiger partial charge >= 0.3 is 5.97 Å². The van der Waals surface area contributed by atoms with Gasteiger partial charge in [0.05, 0.1) is 21.1 Å². The van der Waals surface area contributed by atoms with Crippen molar-refractivity contribution in [3.05, 3.63) is 40.9 Å². The van der Waals surface area contributed by atoms with Crippen LogP contribution in [0.4, 0.5) is 0 Å². The molecule has 2 atom stereocenters. The maximum Gasteiger partial charge on any atom is 0.307 e. The molecule has 0 aliphatic heterocycles. The van der Waals surface area contributed by atoms with E-state index in [-0.39, 0.29) is 11.8 Å². The maximum absolute atomic E-state index is 11.4. The lowest BCUT2D eigenvalue weighted by Gasteiger charge is -2.22. The van der Waals surface area contributed by atoms with Crippen molar-refractivity contribution in [1.29, 1.82) is 0 Å². The summed E-state index contributed by atoms with van der Waals surface area (Å²) >= 11 is 1.63. The van der Waals surface area contributed by atoms with E-state index in [0.717, 1.165) is 21.6 Å². The molecule has 1 heterocycles. The first-order valence-electron chi connectivity index (χ1n) is 6.40. The SMILES string of the molecule is Cc1ccc2sc([C@@H]3CC=CC[C@@H]3C(=O)O)nc2c1. The first-order chi connectivity index (χ1) is 9.15. The maximum atomic E-state index is 11.4. The second-order valence-corrected chi connectivity index (χ2v) is 6.08. The average molecular weight is 273 g/mol. The van der Waals surface area contributed by atoms with E-state index in [9.17, 15) is 9.90 Å². The van der Waals surface area contributed by atoms with Crippen LogP contribution in [-0.2, 0) is 4.79 Å². The molecule has 0 radical (unpaired) electrons. The summed E-state index contributed by atoms with van der Waals surface area (Å²) in [5.41, 5.74) is 2.17. The largest absolute Gasteiger partial charge is 0.481 e. The molecule has 1 aliphatic rings. The quantitative estimate of drug-likeness (QED) is 0.848. The normalized spacial score (nSPS) is 22.8. The summed E-state index contributed by atoms with van der Waals surface area (Å²) in [6.07, 6.45) is 5.42. The molecule has 0 spiro atoms. The molecule has 0 unspecified atom stereocenters. The van der Waals surface area contributed by atoms with Gasteiger partial charge in [0, 0.05) is 5.92 Å². The van der Waals surface area contributed by atoms with E-state index in [4.69, 9.17) is 0 Å². The summed E-state index contributed by atoms with van der Waals surface area (Å²) in [5.74, 6) is -1.04. The second kappa shape index (κ2) is 4.78. The highest BCUT2D eigenvalue weighted by molar-refractivity contribution is 7.18. The van der Waals surface area contributed by atoms with Crippen LogP contribution in [0.1, 0.15) is 29.3 Å². The Morgan fingerprint density at radius 3 is 2.95 bits per heavy atom. The van der Waals surface area contributed by atoms with E-state index in [1.807, 2.05) is 13.0 Å². The molecule has 4 heteroatoms. The lowest BCUT2D eigenvalue weighted by Crippen LogP contribution is -2.23. The third-order valence-electron chi connectivity index (χ3n) is 3.63. The molecule has 2 aromatic rings. The Morgan fingerprint density at radius 1 is 1.37 bits per heavy atom. The Labute approximate surface area is 115 Å². The molecule has 1 aromatic heterocycles. The summed E-state index contributed by atoms with van der Waals surface area (Å²) in [7, 11) is 0. The van der Waals surface area contributed by atoms with Gasteiger partial charge in [0.1, 0.15) is 0 Å². The number of fused-ring (bicyclic) bond motifs is 1. The van der Waals surface area contributed by atoms with Crippen LogP contribution in [-0.4, -0.2) is 16.1 Å². The smallest absolute Gasteiger partial charge is 0.307 e. The van der Waals surface area contributed by atoms with Crippen molar-refractivity contribution in [3.8, 4) is 0 Å². The van der Waals surface area contributed by atoms with E-state index in [1.54, 1.807) is 11.3 Å². The number of carboxylic acid groups (broad SMARTS) is 1. The third-order valence-corrected chi connectivity index (χ3v) is 4.79. The molecule has 0 amide bonds. The summed E-state index contributed by atoms with van der Waals surface area (Å²) in [5, 5.41) is 10.3. The number of rotatable bonds is 2. The molecular formula is C15H15NO2S. The van der Waals surface area contributed by atoms with Crippen LogP contribution in [0.2, 0.25) is 0 Å². The van der Waals surface area contributed by atoms with Crippen LogP contribution in [0, 0.1) is 12.8 Å². The zero-order chi connectivity index (χ0) is 13.4. The lowest BCUT2D eigenvalue weighted by atomic mass is 9.83. The highest BCUT2D eigenvalue weighted by atomic mass is 32.1. The molecule has 98 valence electrons. The molecule has 0 bridgehead atoms. The molecule has 0 saturated carbocycles. The summed E-state index contributed by atoms with van der Waals surface area (Å²) in [4.78, 5) is 16.0. The Morgan fingerprint density at radius 2 is 2.16 bits per heavy atom. The van der Waals surface area contributed by atoms with Crippen molar-refractivity contribution in [2.75, 3.05) is 0 Å². The topological polar surface area (TPSA) is 50.2 Å². The number of aliphatic carboxylic acids is 1.